The van der Waals surface area contributed by atoms with E-state index in [4.69, 9.17) is 14.2 Å². The zero-order valence-corrected chi connectivity index (χ0v) is 11.0. The van der Waals surface area contributed by atoms with Crippen LogP contribution < -0.4 is 14.2 Å². The first-order chi connectivity index (χ1) is 9.38. The van der Waals surface area contributed by atoms with Gasteiger partial charge in [0.1, 0.15) is 30.5 Å². The Morgan fingerprint density at radius 2 is 1.26 bits per heavy atom. The molecule has 0 aliphatic carbocycles. The van der Waals surface area contributed by atoms with E-state index >= 15 is 0 Å². The summed E-state index contributed by atoms with van der Waals surface area (Å²) in [4.78, 5) is 0. The Hall–Kier alpha value is -2.16. The molecule has 3 heteroatoms. The van der Waals surface area contributed by atoms with Crippen molar-refractivity contribution in [3.63, 3.8) is 0 Å². The zero-order chi connectivity index (χ0) is 13.3. The maximum atomic E-state index is 5.61. The van der Waals surface area contributed by atoms with Crippen molar-refractivity contribution in [2.45, 2.75) is 6.92 Å². The molecule has 0 aliphatic rings. The fraction of sp³-hybridized carbons (Fsp3) is 0.250. The van der Waals surface area contributed by atoms with Gasteiger partial charge < -0.3 is 14.2 Å². The fourth-order valence-electron chi connectivity index (χ4n) is 1.66. The van der Waals surface area contributed by atoms with Crippen molar-refractivity contribution >= 4 is 0 Å². The van der Waals surface area contributed by atoms with Crippen molar-refractivity contribution in [2.75, 3.05) is 19.8 Å². The summed E-state index contributed by atoms with van der Waals surface area (Å²) in [7, 11) is 0. The molecule has 2 aromatic carbocycles. The van der Waals surface area contributed by atoms with Crippen LogP contribution >= 0.6 is 0 Å². The van der Waals surface area contributed by atoms with Gasteiger partial charge in [0.2, 0.25) is 0 Å². The number of ether oxygens (including phenoxy) is 3. The first kappa shape index (κ1) is 13.3. The van der Waals surface area contributed by atoms with Gasteiger partial charge in [-0.2, -0.15) is 0 Å². The molecule has 19 heavy (non-hydrogen) atoms. The first-order valence-electron chi connectivity index (χ1n) is 6.42. The molecule has 0 aromatic heterocycles. The highest BCUT2D eigenvalue weighted by atomic mass is 16.5. The van der Waals surface area contributed by atoms with Crippen LogP contribution in [0.25, 0.3) is 0 Å². The van der Waals surface area contributed by atoms with E-state index < -0.39 is 0 Å². The Balaban J connectivity index is 1.75. The van der Waals surface area contributed by atoms with Crippen LogP contribution in [-0.2, 0) is 0 Å². The minimum absolute atomic E-state index is 0.504. The molecule has 0 saturated carbocycles. The zero-order valence-electron chi connectivity index (χ0n) is 11.0. The summed E-state index contributed by atoms with van der Waals surface area (Å²) < 4.78 is 16.6. The molecule has 0 atom stereocenters. The standard InChI is InChI=1S/C16H18O3/c1-2-17-15-9-6-10-16(13-15)19-12-11-18-14-7-4-3-5-8-14/h3-10,13H,2,11-12H2,1H3. The summed E-state index contributed by atoms with van der Waals surface area (Å²) in [5.74, 6) is 2.47. The average Bonchev–Trinajstić information content (AvgIpc) is 2.46. The van der Waals surface area contributed by atoms with Crippen molar-refractivity contribution in [3.8, 4) is 17.2 Å². The number of hydrogen-bond acceptors (Lipinski definition) is 3. The number of hydrogen-bond donors (Lipinski definition) is 0. The maximum absolute atomic E-state index is 5.61. The largest absolute Gasteiger partial charge is 0.494 e. The SMILES string of the molecule is CCOc1cccc(OCCOc2ccccc2)c1. The highest BCUT2D eigenvalue weighted by Crippen LogP contribution is 2.19. The predicted molar refractivity (Wildman–Crippen MR) is 75.0 cm³/mol. The van der Waals surface area contributed by atoms with Crippen molar-refractivity contribution in [3.05, 3.63) is 54.6 Å². The quantitative estimate of drug-likeness (QED) is 0.711. The Morgan fingerprint density at radius 1 is 0.684 bits per heavy atom. The lowest BCUT2D eigenvalue weighted by atomic mass is 10.3. The molecule has 0 bridgehead atoms. The average molecular weight is 258 g/mol. The second-order valence-corrected chi connectivity index (χ2v) is 3.92. The monoisotopic (exact) mass is 258 g/mol. The van der Waals surface area contributed by atoms with Crippen molar-refractivity contribution in [1.82, 2.24) is 0 Å². The molecule has 2 rings (SSSR count). The van der Waals surface area contributed by atoms with Gasteiger partial charge >= 0.3 is 0 Å². The Morgan fingerprint density at radius 3 is 1.95 bits per heavy atom. The minimum Gasteiger partial charge on any atom is -0.494 e. The van der Waals surface area contributed by atoms with Crippen LogP contribution in [0.15, 0.2) is 54.6 Å². The molecular formula is C16H18O3. The second-order valence-electron chi connectivity index (χ2n) is 3.92. The third kappa shape index (κ3) is 4.54. The molecule has 0 fully saturated rings. The van der Waals surface area contributed by atoms with Gasteiger partial charge in [0.25, 0.3) is 0 Å². The van der Waals surface area contributed by atoms with Crippen LogP contribution in [0.4, 0.5) is 0 Å². The van der Waals surface area contributed by atoms with Gasteiger partial charge in [-0.1, -0.05) is 24.3 Å². The number of rotatable bonds is 7. The van der Waals surface area contributed by atoms with Crippen LogP contribution in [0.3, 0.4) is 0 Å². The fourth-order valence-corrected chi connectivity index (χ4v) is 1.66. The lowest BCUT2D eigenvalue weighted by molar-refractivity contribution is 0.216. The summed E-state index contributed by atoms with van der Waals surface area (Å²) in [5.41, 5.74) is 0. The Bertz CT molecular complexity index is 482. The van der Waals surface area contributed by atoms with Crippen LogP contribution in [0, 0.1) is 0 Å². The van der Waals surface area contributed by atoms with E-state index in [0.29, 0.717) is 19.8 Å². The van der Waals surface area contributed by atoms with E-state index in [0.717, 1.165) is 17.2 Å². The van der Waals surface area contributed by atoms with Crippen molar-refractivity contribution < 1.29 is 14.2 Å². The lowest BCUT2D eigenvalue weighted by Crippen LogP contribution is -2.08. The van der Waals surface area contributed by atoms with E-state index in [1.165, 1.54) is 0 Å². The molecule has 0 unspecified atom stereocenters. The molecule has 0 amide bonds. The van der Waals surface area contributed by atoms with Crippen LogP contribution in [0.2, 0.25) is 0 Å². The molecule has 3 nitrogen and oxygen atoms in total. The minimum atomic E-state index is 0.504. The molecule has 0 N–H and O–H groups in total. The molecule has 0 radical (unpaired) electrons. The highest BCUT2D eigenvalue weighted by Gasteiger charge is 1.98. The van der Waals surface area contributed by atoms with Gasteiger partial charge in [-0.05, 0) is 31.2 Å². The van der Waals surface area contributed by atoms with Gasteiger partial charge in [0.15, 0.2) is 0 Å². The Kier molecular flexibility index (Phi) is 5.11. The van der Waals surface area contributed by atoms with Gasteiger partial charge in [0, 0.05) is 6.07 Å². The number of benzene rings is 2. The van der Waals surface area contributed by atoms with E-state index in [9.17, 15) is 0 Å². The molecule has 0 aliphatic heterocycles. The molecule has 0 heterocycles. The molecule has 100 valence electrons. The van der Waals surface area contributed by atoms with Crippen LogP contribution in [0.5, 0.6) is 17.2 Å². The topological polar surface area (TPSA) is 27.7 Å². The summed E-state index contributed by atoms with van der Waals surface area (Å²) in [6.07, 6.45) is 0. The van der Waals surface area contributed by atoms with Gasteiger partial charge in [0.05, 0.1) is 6.61 Å². The predicted octanol–water partition coefficient (Wildman–Crippen LogP) is 3.54. The molecular weight excluding hydrogens is 240 g/mol. The summed E-state index contributed by atoms with van der Waals surface area (Å²) in [6, 6.07) is 17.3. The van der Waals surface area contributed by atoms with Crippen molar-refractivity contribution in [1.29, 1.82) is 0 Å². The number of para-hydroxylation sites is 1. The first-order valence-corrected chi connectivity index (χ1v) is 6.42. The third-order valence-corrected chi connectivity index (χ3v) is 2.48. The van der Waals surface area contributed by atoms with E-state index in [1.54, 1.807) is 0 Å². The van der Waals surface area contributed by atoms with E-state index in [1.807, 2.05) is 61.5 Å². The van der Waals surface area contributed by atoms with Gasteiger partial charge in [-0.3, -0.25) is 0 Å². The summed E-state index contributed by atoms with van der Waals surface area (Å²) in [5, 5.41) is 0. The molecule has 0 saturated heterocycles. The van der Waals surface area contributed by atoms with Crippen LogP contribution in [-0.4, -0.2) is 19.8 Å². The highest BCUT2D eigenvalue weighted by molar-refractivity contribution is 5.32. The lowest BCUT2D eigenvalue weighted by Gasteiger charge is -2.09. The molecule has 0 spiro atoms. The van der Waals surface area contributed by atoms with E-state index in [-0.39, 0.29) is 0 Å². The summed E-state index contributed by atoms with van der Waals surface area (Å²) in [6.45, 7) is 3.63. The van der Waals surface area contributed by atoms with E-state index in [2.05, 4.69) is 0 Å². The van der Waals surface area contributed by atoms with Crippen LogP contribution in [0.1, 0.15) is 6.92 Å². The van der Waals surface area contributed by atoms with Gasteiger partial charge in [-0.15, -0.1) is 0 Å². The summed E-state index contributed by atoms with van der Waals surface area (Å²) >= 11 is 0. The second kappa shape index (κ2) is 7.31. The molecule has 2 aromatic rings. The normalized spacial score (nSPS) is 9.95. The third-order valence-electron chi connectivity index (χ3n) is 2.48. The Labute approximate surface area is 113 Å². The maximum Gasteiger partial charge on any atom is 0.123 e. The van der Waals surface area contributed by atoms with Crippen molar-refractivity contribution in [2.24, 2.45) is 0 Å². The van der Waals surface area contributed by atoms with Gasteiger partial charge in [-0.25, -0.2) is 0 Å². The smallest absolute Gasteiger partial charge is 0.123 e.